The van der Waals surface area contributed by atoms with Gasteiger partial charge in [0, 0.05) is 24.3 Å². The molecule has 2 aromatic rings. The fourth-order valence-corrected chi connectivity index (χ4v) is 8.04. The Labute approximate surface area is 226 Å². The van der Waals surface area contributed by atoms with E-state index < -0.39 is 20.3 Å². The fraction of sp³-hybridized carbons (Fsp3) is 0.517. The topological polar surface area (TPSA) is 119 Å². The molecule has 0 spiro atoms. The minimum atomic E-state index is -2.63. The molecule has 208 valence electrons. The predicted octanol–water partition coefficient (Wildman–Crippen LogP) is 3.32. The lowest BCUT2D eigenvalue weighted by Crippen LogP contribution is -2.42. The predicted molar refractivity (Wildman–Crippen MR) is 150 cm³/mol. The number of carbonyl (C=O) groups excluding carboxylic acids is 2. The Bertz CT molecular complexity index is 1040. The normalized spacial score (nSPS) is 22.2. The molecule has 0 unspecified atom stereocenters. The number of nitrogens with zero attached hydrogens (tertiary/aromatic N) is 1. The van der Waals surface area contributed by atoms with E-state index in [1.54, 1.807) is 4.90 Å². The molecule has 5 atom stereocenters. The Kier molecular flexibility index (Phi) is 10.6. The molecule has 1 aliphatic rings. The second kappa shape index (κ2) is 13.5. The van der Waals surface area contributed by atoms with Gasteiger partial charge in [0.15, 0.2) is 8.32 Å². The van der Waals surface area contributed by atoms with E-state index in [4.69, 9.17) is 4.74 Å². The highest BCUT2D eigenvalue weighted by Gasteiger charge is 2.50. The zero-order valence-electron chi connectivity index (χ0n) is 22.8. The van der Waals surface area contributed by atoms with E-state index in [2.05, 4.69) is 12.2 Å². The molecular formula is C29H42N2O6Si. The first-order valence-corrected chi connectivity index (χ1v) is 16.4. The van der Waals surface area contributed by atoms with Gasteiger partial charge in [0.2, 0.25) is 5.91 Å². The third-order valence-corrected chi connectivity index (χ3v) is 9.88. The Balaban J connectivity index is 1.64. The van der Waals surface area contributed by atoms with E-state index in [9.17, 15) is 24.6 Å². The molecule has 1 heterocycles. The number of carbonyl (C=O) groups is 2. The molecule has 2 amide bonds. The van der Waals surface area contributed by atoms with Crippen molar-refractivity contribution < 1.29 is 29.3 Å². The van der Waals surface area contributed by atoms with Gasteiger partial charge in [-0.1, -0.05) is 49.4 Å². The summed E-state index contributed by atoms with van der Waals surface area (Å²) in [4.78, 5) is 37.8. The minimum Gasteiger partial charge on any atom is -0.432 e. The van der Waals surface area contributed by atoms with Gasteiger partial charge in [-0.05, 0) is 62.0 Å². The number of aryl methyl sites for hydroxylation is 1. The van der Waals surface area contributed by atoms with E-state index in [-0.39, 0.29) is 49.1 Å². The van der Waals surface area contributed by atoms with E-state index >= 15 is 0 Å². The summed E-state index contributed by atoms with van der Waals surface area (Å²) in [5.41, 5.74) is 2.63. The first-order valence-electron chi connectivity index (χ1n) is 13.4. The molecule has 3 rings (SSSR count). The number of benzene rings is 2. The Morgan fingerprint density at radius 3 is 2.29 bits per heavy atom. The summed E-state index contributed by atoms with van der Waals surface area (Å²) in [5, 5.41) is 21.6. The number of anilines is 1. The van der Waals surface area contributed by atoms with Crippen molar-refractivity contribution in [1.82, 2.24) is 4.90 Å². The molecule has 0 aromatic heterocycles. The highest BCUT2D eigenvalue weighted by Crippen LogP contribution is 2.45. The average molecular weight is 543 g/mol. The number of rotatable bonds is 12. The van der Waals surface area contributed by atoms with Gasteiger partial charge >= 0.3 is 0 Å². The number of hydrogen-bond donors (Lipinski definition) is 4. The summed E-state index contributed by atoms with van der Waals surface area (Å²) in [6.07, 6.45) is 0.141. The molecule has 4 N–H and O–H groups in total. The first kappa shape index (κ1) is 30.0. The van der Waals surface area contributed by atoms with Crippen molar-refractivity contribution in [2.45, 2.75) is 76.6 Å². The largest absolute Gasteiger partial charge is 0.432 e. The smallest absolute Gasteiger partial charge is 0.252 e. The highest BCUT2D eigenvalue weighted by atomic mass is 28.4. The molecule has 1 fully saturated rings. The van der Waals surface area contributed by atoms with Crippen LogP contribution in [0.25, 0.3) is 0 Å². The van der Waals surface area contributed by atoms with Crippen LogP contribution < -0.4 is 5.32 Å². The van der Waals surface area contributed by atoms with Gasteiger partial charge in [0.05, 0.1) is 25.2 Å². The lowest BCUT2D eigenvalue weighted by Gasteiger charge is -2.31. The summed E-state index contributed by atoms with van der Waals surface area (Å²) in [6, 6.07) is 17.2. The van der Waals surface area contributed by atoms with Crippen molar-refractivity contribution in [2.24, 2.45) is 5.92 Å². The molecule has 9 heteroatoms. The summed E-state index contributed by atoms with van der Waals surface area (Å²) in [5.74, 6) is -0.432. The van der Waals surface area contributed by atoms with Crippen molar-refractivity contribution in [2.75, 3.05) is 18.5 Å². The highest BCUT2D eigenvalue weighted by molar-refractivity contribution is 6.71. The van der Waals surface area contributed by atoms with Gasteiger partial charge < -0.3 is 30.0 Å². The maximum Gasteiger partial charge on any atom is 0.252 e. The van der Waals surface area contributed by atoms with Crippen LogP contribution in [0.2, 0.25) is 18.6 Å². The standard InChI is InChI=1S/C29H42N2O6Si/c1-20-25(15-12-22-10-13-24(14-11-22)30-29(35)21(2)33)37-26(28(20)38(3,4)36)18-27(34)31(16-17-32)19-23-8-6-5-7-9-23/h5-11,13-14,20-21,25-26,28,32-33,36H,12,15-19H2,1-4H3,(H,30,35)/t20-,21+,25+,26-,28+/m1/s1. The van der Waals surface area contributed by atoms with Crippen LogP contribution in [-0.4, -0.2) is 71.5 Å². The number of aliphatic hydroxyl groups is 2. The van der Waals surface area contributed by atoms with Crippen LogP contribution in [0.4, 0.5) is 5.69 Å². The first-order chi connectivity index (χ1) is 18.0. The molecule has 0 saturated carbocycles. The van der Waals surface area contributed by atoms with Crippen molar-refractivity contribution in [3.05, 3.63) is 65.7 Å². The van der Waals surface area contributed by atoms with Crippen molar-refractivity contribution in [3.63, 3.8) is 0 Å². The SMILES string of the molecule is C[C@H]1[C@H]([Si](C)(C)O)[C@@H](CC(=O)N(CCO)Cc2ccccc2)O[C@H]1CCc1ccc(NC(=O)[C@H](C)O)cc1. The number of amides is 2. The summed E-state index contributed by atoms with van der Waals surface area (Å²) < 4.78 is 6.47. The second-order valence-electron chi connectivity index (χ2n) is 10.9. The third-order valence-electron chi connectivity index (χ3n) is 7.35. The molecule has 2 aromatic carbocycles. The molecule has 0 radical (unpaired) electrons. The molecular weight excluding hydrogens is 500 g/mol. The average Bonchev–Trinajstić information content (AvgIpc) is 3.18. The van der Waals surface area contributed by atoms with Crippen LogP contribution >= 0.6 is 0 Å². The number of aliphatic hydroxyl groups excluding tert-OH is 2. The summed E-state index contributed by atoms with van der Waals surface area (Å²) >= 11 is 0. The van der Waals surface area contributed by atoms with E-state index in [1.165, 1.54) is 6.92 Å². The maximum atomic E-state index is 13.3. The molecule has 0 aliphatic carbocycles. The van der Waals surface area contributed by atoms with Gasteiger partial charge in [-0.3, -0.25) is 9.59 Å². The Morgan fingerprint density at radius 2 is 1.71 bits per heavy atom. The van der Waals surface area contributed by atoms with Gasteiger partial charge in [-0.25, -0.2) is 0 Å². The molecule has 38 heavy (non-hydrogen) atoms. The lowest BCUT2D eigenvalue weighted by atomic mass is 9.95. The Hall–Kier alpha value is -2.56. The summed E-state index contributed by atoms with van der Waals surface area (Å²) in [7, 11) is -2.63. The number of nitrogens with one attached hydrogen (secondary N) is 1. The zero-order valence-corrected chi connectivity index (χ0v) is 23.8. The van der Waals surface area contributed by atoms with Crippen LogP contribution in [0.15, 0.2) is 54.6 Å². The van der Waals surface area contributed by atoms with E-state index in [0.29, 0.717) is 12.2 Å². The van der Waals surface area contributed by atoms with Gasteiger partial charge in [0.25, 0.3) is 5.91 Å². The molecule has 0 bridgehead atoms. The van der Waals surface area contributed by atoms with Gasteiger partial charge in [0.1, 0.15) is 6.10 Å². The number of hydrogen-bond acceptors (Lipinski definition) is 6. The molecule has 8 nitrogen and oxygen atoms in total. The van der Waals surface area contributed by atoms with Crippen molar-refractivity contribution in [3.8, 4) is 0 Å². The van der Waals surface area contributed by atoms with Gasteiger partial charge in [-0.15, -0.1) is 0 Å². The lowest BCUT2D eigenvalue weighted by molar-refractivity contribution is -0.135. The minimum absolute atomic E-state index is 0.0813. The zero-order chi connectivity index (χ0) is 27.9. The molecule has 1 saturated heterocycles. The van der Waals surface area contributed by atoms with Gasteiger partial charge in [-0.2, -0.15) is 0 Å². The van der Waals surface area contributed by atoms with Crippen LogP contribution in [0.5, 0.6) is 0 Å². The van der Waals surface area contributed by atoms with Crippen molar-refractivity contribution in [1.29, 1.82) is 0 Å². The maximum absolute atomic E-state index is 13.3. The Morgan fingerprint density at radius 1 is 1.05 bits per heavy atom. The van der Waals surface area contributed by atoms with Crippen LogP contribution in [0.3, 0.4) is 0 Å². The number of ether oxygens (including phenoxy) is 1. The summed E-state index contributed by atoms with van der Waals surface area (Å²) in [6.45, 7) is 7.90. The van der Waals surface area contributed by atoms with Crippen LogP contribution in [0, 0.1) is 5.92 Å². The van der Waals surface area contributed by atoms with E-state index in [1.807, 2.05) is 67.7 Å². The second-order valence-corrected chi connectivity index (χ2v) is 14.9. The quantitative estimate of drug-likeness (QED) is 0.306. The monoisotopic (exact) mass is 542 g/mol. The third kappa shape index (κ3) is 8.22. The van der Waals surface area contributed by atoms with Crippen LogP contribution in [0.1, 0.15) is 37.8 Å². The fourth-order valence-electron chi connectivity index (χ4n) is 5.44. The van der Waals surface area contributed by atoms with E-state index in [0.717, 1.165) is 24.0 Å². The van der Waals surface area contributed by atoms with Crippen LogP contribution in [-0.2, 0) is 27.3 Å². The van der Waals surface area contributed by atoms with Crippen molar-refractivity contribution >= 4 is 25.8 Å². The molecule has 1 aliphatic heterocycles.